The Morgan fingerprint density at radius 1 is 1.14 bits per heavy atom. The number of benzene rings is 1. The first kappa shape index (κ1) is 14.6. The van der Waals surface area contributed by atoms with Gasteiger partial charge in [-0.3, -0.25) is 0 Å². The Hall–Kier alpha value is -2.79. The Bertz CT molecular complexity index is 695. The first-order chi connectivity index (χ1) is 9.94. The Morgan fingerprint density at radius 2 is 1.90 bits per heavy atom. The van der Waals surface area contributed by atoms with E-state index in [0.29, 0.717) is 0 Å². The Morgan fingerprint density at radius 3 is 2.52 bits per heavy atom. The first-order valence-electron chi connectivity index (χ1n) is 5.66. The number of rotatable bonds is 3. The molecule has 0 spiro atoms. The van der Waals surface area contributed by atoms with E-state index in [2.05, 4.69) is 10.3 Å². The zero-order chi connectivity index (χ0) is 15.5. The fourth-order valence-electron chi connectivity index (χ4n) is 1.66. The van der Waals surface area contributed by atoms with E-state index in [1.54, 1.807) is 5.48 Å². The van der Waals surface area contributed by atoms with Gasteiger partial charge in [0, 0.05) is 23.6 Å². The zero-order valence-corrected chi connectivity index (χ0v) is 10.4. The summed E-state index contributed by atoms with van der Waals surface area (Å²) in [7, 11) is 0. The molecule has 2 aromatic rings. The molecule has 2 N–H and O–H groups in total. The molecular weight excluding hydrogens is 285 g/mol. The first-order valence-corrected chi connectivity index (χ1v) is 5.66. The van der Waals surface area contributed by atoms with Crippen molar-refractivity contribution in [3.8, 4) is 6.07 Å². The Labute approximate surface area is 117 Å². The summed E-state index contributed by atoms with van der Waals surface area (Å²) in [4.78, 5) is 3.88. The highest BCUT2D eigenvalue weighted by atomic mass is 19.4. The highest BCUT2D eigenvalue weighted by Crippen LogP contribution is 2.34. The fourth-order valence-corrected chi connectivity index (χ4v) is 1.66. The lowest BCUT2D eigenvalue weighted by atomic mass is 10.1. The van der Waals surface area contributed by atoms with Crippen LogP contribution in [0.5, 0.6) is 0 Å². The van der Waals surface area contributed by atoms with Gasteiger partial charge in [0.05, 0.1) is 17.2 Å². The normalized spacial score (nSPS) is 10.8. The van der Waals surface area contributed by atoms with E-state index in [1.807, 2.05) is 0 Å². The molecule has 0 fully saturated rings. The van der Waals surface area contributed by atoms with Crippen LogP contribution in [0.1, 0.15) is 11.1 Å². The van der Waals surface area contributed by atoms with E-state index in [-0.39, 0.29) is 17.2 Å². The molecule has 0 aliphatic carbocycles. The summed E-state index contributed by atoms with van der Waals surface area (Å²) in [6.07, 6.45) is -3.30. The van der Waals surface area contributed by atoms with Crippen molar-refractivity contribution >= 4 is 17.2 Å². The van der Waals surface area contributed by atoms with Gasteiger partial charge < -0.3 is 16.0 Å². The van der Waals surface area contributed by atoms with Gasteiger partial charge in [-0.05, 0) is 24.3 Å². The molecule has 1 heterocycles. The van der Waals surface area contributed by atoms with Crippen LogP contribution in [-0.2, 0) is 6.18 Å². The second-order valence-electron chi connectivity index (χ2n) is 4.03. The maximum atomic E-state index is 12.8. The largest absolute Gasteiger partial charge is 0.761 e. The quantitative estimate of drug-likeness (QED) is 0.844. The minimum atomic E-state index is -4.63. The molecule has 0 saturated carbocycles. The summed E-state index contributed by atoms with van der Waals surface area (Å²) in [6.45, 7) is 0. The third-order valence-corrected chi connectivity index (χ3v) is 2.60. The molecule has 0 unspecified atom stereocenters. The number of pyridine rings is 1. The van der Waals surface area contributed by atoms with Crippen LogP contribution in [0.4, 0.5) is 30.4 Å². The molecular formula is C13H8F3N4O-. The number of alkyl halides is 3. The van der Waals surface area contributed by atoms with Crippen LogP contribution in [0.15, 0.2) is 36.5 Å². The summed E-state index contributed by atoms with van der Waals surface area (Å²) in [5, 5.41) is 21.9. The van der Waals surface area contributed by atoms with Gasteiger partial charge in [-0.25, -0.2) is 4.98 Å². The number of halogens is 3. The molecule has 1 aromatic heterocycles. The van der Waals surface area contributed by atoms with Crippen LogP contribution in [0.3, 0.4) is 0 Å². The number of nitriles is 1. The zero-order valence-electron chi connectivity index (χ0n) is 10.4. The number of aromatic nitrogens is 1. The van der Waals surface area contributed by atoms with Gasteiger partial charge in [0.1, 0.15) is 5.82 Å². The highest BCUT2D eigenvalue weighted by molar-refractivity contribution is 5.63. The van der Waals surface area contributed by atoms with E-state index in [1.165, 1.54) is 30.5 Å². The van der Waals surface area contributed by atoms with Crippen molar-refractivity contribution in [1.82, 2.24) is 4.98 Å². The van der Waals surface area contributed by atoms with Crippen LogP contribution in [-0.4, -0.2) is 4.98 Å². The van der Waals surface area contributed by atoms with Gasteiger partial charge in [-0.2, -0.15) is 18.4 Å². The van der Waals surface area contributed by atoms with E-state index in [9.17, 15) is 18.4 Å². The van der Waals surface area contributed by atoms with Crippen molar-refractivity contribution in [1.29, 1.82) is 5.26 Å². The Balaban J connectivity index is 2.35. The average Bonchev–Trinajstić information content (AvgIpc) is 2.46. The summed E-state index contributed by atoms with van der Waals surface area (Å²) >= 11 is 0. The lowest BCUT2D eigenvalue weighted by molar-refractivity contribution is -0.137. The van der Waals surface area contributed by atoms with Crippen LogP contribution in [0.25, 0.3) is 0 Å². The van der Waals surface area contributed by atoms with Crippen molar-refractivity contribution in [2.45, 2.75) is 6.18 Å². The van der Waals surface area contributed by atoms with Crippen LogP contribution in [0.2, 0.25) is 0 Å². The number of anilines is 3. The van der Waals surface area contributed by atoms with Crippen molar-refractivity contribution in [2.24, 2.45) is 0 Å². The molecule has 108 valence electrons. The third kappa shape index (κ3) is 3.40. The second-order valence-corrected chi connectivity index (χ2v) is 4.03. The van der Waals surface area contributed by atoms with Crippen LogP contribution in [0, 0.1) is 16.5 Å². The van der Waals surface area contributed by atoms with Crippen molar-refractivity contribution < 1.29 is 13.2 Å². The van der Waals surface area contributed by atoms with E-state index in [0.717, 1.165) is 12.1 Å². The number of nitrogens with zero attached hydrogens (tertiary/aromatic N) is 2. The predicted molar refractivity (Wildman–Crippen MR) is 70.7 cm³/mol. The SMILES string of the molecule is N#Cc1ccc(Nc2cc(N[O-])ccn2)cc1C(F)(F)F. The summed E-state index contributed by atoms with van der Waals surface area (Å²) in [6, 6.07) is 7.47. The molecule has 0 atom stereocenters. The number of hydrogen-bond donors (Lipinski definition) is 2. The molecule has 5 nitrogen and oxygen atoms in total. The lowest BCUT2D eigenvalue weighted by Crippen LogP contribution is -2.08. The maximum absolute atomic E-state index is 12.8. The molecule has 0 aliphatic heterocycles. The molecule has 0 saturated heterocycles. The molecule has 2 rings (SSSR count). The molecule has 8 heteroatoms. The monoisotopic (exact) mass is 293 g/mol. The van der Waals surface area contributed by atoms with Crippen molar-refractivity contribution in [3.05, 3.63) is 52.9 Å². The standard InChI is InChI=1S/C13H8F3N4O/c14-13(15,16)11-5-9(2-1-8(11)7-17)19-12-6-10(20-21)3-4-18-12/h1-6H,(H2-,18,19,20,21)/q-1. The van der Waals surface area contributed by atoms with Crippen LogP contribution >= 0.6 is 0 Å². The fraction of sp³-hybridized carbons (Fsp3) is 0.0769. The predicted octanol–water partition coefficient (Wildman–Crippen LogP) is 3.63. The molecule has 0 radical (unpaired) electrons. The number of hydrogen-bond acceptors (Lipinski definition) is 5. The van der Waals surface area contributed by atoms with Gasteiger partial charge in [-0.1, -0.05) is 0 Å². The summed E-state index contributed by atoms with van der Waals surface area (Å²) in [5.74, 6) is 0.202. The molecule has 1 aromatic carbocycles. The highest BCUT2D eigenvalue weighted by Gasteiger charge is 2.33. The minimum Gasteiger partial charge on any atom is -0.761 e. The van der Waals surface area contributed by atoms with Gasteiger partial charge in [-0.15, -0.1) is 0 Å². The number of nitrogens with one attached hydrogen (secondary N) is 2. The van der Waals surface area contributed by atoms with Gasteiger partial charge in [0.2, 0.25) is 0 Å². The second kappa shape index (κ2) is 5.68. The van der Waals surface area contributed by atoms with Gasteiger partial charge in [0.25, 0.3) is 0 Å². The van der Waals surface area contributed by atoms with Gasteiger partial charge >= 0.3 is 6.18 Å². The molecule has 0 bridgehead atoms. The maximum Gasteiger partial charge on any atom is 0.417 e. The molecule has 0 amide bonds. The minimum absolute atomic E-state index is 0.108. The van der Waals surface area contributed by atoms with Crippen molar-refractivity contribution in [3.63, 3.8) is 0 Å². The molecule has 21 heavy (non-hydrogen) atoms. The average molecular weight is 293 g/mol. The van der Waals surface area contributed by atoms with E-state index < -0.39 is 17.3 Å². The topological polar surface area (TPSA) is 83.8 Å². The summed E-state index contributed by atoms with van der Waals surface area (Å²) in [5.41, 5.74) is 0.486. The third-order valence-electron chi connectivity index (χ3n) is 2.60. The summed E-state index contributed by atoms with van der Waals surface area (Å²) < 4.78 is 38.5. The van der Waals surface area contributed by atoms with Crippen LogP contribution < -0.4 is 10.8 Å². The molecule has 0 aliphatic rings. The van der Waals surface area contributed by atoms with E-state index in [4.69, 9.17) is 5.26 Å². The van der Waals surface area contributed by atoms with Crippen molar-refractivity contribution in [2.75, 3.05) is 10.8 Å². The van der Waals surface area contributed by atoms with Gasteiger partial charge in [0.15, 0.2) is 0 Å². The van der Waals surface area contributed by atoms with E-state index >= 15 is 0 Å². The lowest BCUT2D eigenvalue weighted by Gasteiger charge is -2.13. The Kier molecular flexibility index (Phi) is 3.95. The smallest absolute Gasteiger partial charge is 0.417 e.